The Labute approximate surface area is 117 Å². The molecule has 3 heteroatoms. The van der Waals surface area contributed by atoms with Crippen molar-refractivity contribution in [2.24, 2.45) is 5.41 Å². The molecule has 1 aliphatic carbocycles. The molecule has 2 aromatic carbocycles. The first-order valence-corrected chi connectivity index (χ1v) is 6.72. The standard InChI is InChI=1S/C17H16O3/c1-17(16(19)20-2)10-9-13-12-6-4-3-5-11(12)7-8-14(13)15(17)18/h3-8H,9-10H2,1-2H3/t17-/m1/s1. The van der Waals surface area contributed by atoms with Gasteiger partial charge in [0.05, 0.1) is 7.11 Å². The Hall–Kier alpha value is -2.16. The average molecular weight is 268 g/mol. The minimum atomic E-state index is -1.05. The lowest BCUT2D eigenvalue weighted by molar-refractivity contribution is -0.149. The molecule has 0 aromatic heterocycles. The van der Waals surface area contributed by atoms with Gasteiger partial charge in [0.2, 0.25) is 0 Å². The highest BCUT2D eigenvalue weighted by molar-refractivity contribution is 6.15. The zero-order valence-corrected chi connectivity index (χ0v) is 11.6. The number of hydrogen-bond donors (Lipinski definition) is 0. The summed E-state index contributed by atoms with van der Waals surface area (Å²) in [6, 6.07) is 11.8. The predicted octanol–water partition coefficient (Wildman–Crippen LogP) is 3.15. The van der Waals surface area contributed by atoms with Crippen molar-refractivity contribution >= 4 is 22.5 Å². The number of rotatable bonds is 1. The van der Waals surface area contributed by atoms with Gasteiger partial charge in [-0.3, -0.25) is 9.59 Å². The van der Waals surface area contributed by atoms with E-state index in [0.29, 0.717) is 18.4 Å². The van der Waals surface area contributed by atoms with Crippen molar-refractivity contribution in [3.05, 3.63) is 47.5 Å². The predicted molar refractivity (Wildman–Crippen MR) is 76.7 cm³/mol. The normalized spacial score (nSPS) is 21.6. The summed E-state index contributed by atoms with van der Waals surface area (Å²) in [6.07, 6.45) is 1.22. The molecule has 1 aliphatic rings. The number of ketones is 1. The van der Waals surface area contributed by atoms with Crippen LogP contribution in [0.5, 0.6) is 0 Å². The molecule has 0 amide bonds. The van der Waals surface area contributed by atoms with Crippen molar-refractivity contribution in [1.82, 2.24) is 0 Å². The van der Waals surface area contributed by atoms with E-state index in [0.717, 1.165) is 16.3 Å². The molecule has 3 rings (SSSR count). The van der Waals surface area contributed by atoms with Gasteiger partial charge in [-0.05, 0) is 36.1 Å². The fraction of sp³-hybridized carbons (Fsp3) is 0.294. The summed E-state index contributed by atoms with van der Waals surface area (Å²) in [6.45, 7) is 1.68. The second kappa shape index (κ2) is 4.44. The van der Waals surface area contributed by atoms with Gasteiger partial charge in [0.15, 0.2) is 5.78 Å². The molecule has 2 aromatic rings. The smallest absolute Gasteiger partial charge is 0.319 e. The maximum Gasteiger partial charge on any atom is 0.319 e. The number of Topliss-reactive ketones (excluding diaryl/α,β-unsaturated/α-hetero) is 1. The van der Waals surface area contributed by atoms with Crippen molar-refractivity contribution in [3.8, 4) is 0 Å². The molecule has 0 radical (unpaired) electrons. The molecule has 0 heterocycles. The fourth-order valence-corrected chi connectivity index (χ4v) is 3.02. The third kappa shape index (κ3) is 1.66. The second-order valence-electron chi connectivity index (χ2n) is 5.47. The van der Waals surface area contributed by atoms with Gasteiger partial charge in [0.25, 0.3) is 0 Å². The van der Waals surface area contributed by atoms with Crippen molar-refractivity contribution in [1.29, 1.82) is 0 Å². The SMILES string of the molecule is COC(=O)[C@]1(C)CCc2c(ccc3ccccc23)C1=O. The summed E-state index contributed by atoms with van der Waals surface area (Å²) in [7, 11) is 1.33. The Balaban J connectivity index is 2.18. The van der Waals surface area contributed by atoms with E-state index in [9.17, 15) is 9.59 Å². The third-order valence-corrected chi connectivity index (χ3v) is 4.30. The van der Waals surface area contributed by atoms with Crippen LogP contribution >= 0.6 is 0 Å². The van der Waals surface area contributed by atoms with E-state index < -0.39 is 11.4 Å². The minimum Gasteiger partial charge on any atom is -0.468 e. The first-order valence-electron chi connectivity index (χ1n) is 6.72. The monoisotopic (exact) mass is 268 g/mol. The van der Waals surface area contributed by atoms with Crippen LogP contribution in [0.1, 0.15) is 29.3 Å². The zero-order valence-electron chi connectivity index (χ0n) is 11.6. The van der Waals surface area contributed by atoms with E-state index in [1.807, 2.05) is 36.4 Å². The van der Waals surface area contributed by atoms with Crippen molar-refractivity contribution in [3.63, 3.8) is 0 Å². The molecule has 0 unspecified atom stereocenters. The van der Waals surface area contributed by atoms with E-state index in [1.165, 1.54) is 7.11 Å². The van der Waals surface area contributed by atoms with E-state index in [1.54, 1.807) is 6.92 Å². The van der Waals surface area contributed by atoms with E-state index in [-0.39, 0.29) is 5.78 Å². The molecular weight excluding hydrogens is 252 g/mol. The topological polar surface area (TPSA) is 43.4 Å². The highest BCUT2D eigenvalue weighted by Gasteiger charge is 2.45. The van der Waals surface area contributed by atoms with Gasteiger partial charge in [-0.15, -0.1) is 0 Å². The molecule has 3 nitrogen and oxygen atoms in total. The van der Waals surface area contributed by atoms with Crippen LogP contribution in [-0.2, 0) is 16.0 Å². The van der Waals surface area contributed by atoms with Gasteiger partial charge in [-0.1, -0.05) is 36.4 Å². The van der Waals surface area contributed by atoms with Crippen LogP contribution in [0.2, 0.25) is 0 Å². The molecule has 102 valence electrons. The Morgan fingerprint density at radius 2 is 1.95 bits per heavy atom. The molecule has 0 N–H and O–H groups in total. The van der Waals surface area contributed by atoms with Crippen LogP contribution in [0.25, 0.3) is 10.8 Å². The van der Waals surface area contributed by atoms with Gasteiger partial charge < -0.3 is 4.74 Å². The molecule has 0 saturated carbocycles. The summed E-state index contributed by atoms with van der Waals surface area (Å²) in [4.78, 5) is 24.6. The molecule has 0 saturated heterocycles. The van der Waals surface area contributed by atoms with Gasteiger partial charge in [-0.25, -0.2) is 0 Å². The maximum absolute atomic E-state index is 12.7. The van der Waals surface area contributed by atoms with Crippen LogP contribution in [0, 0.1) is 5.41 Å². The fourth-order valence-electron chi connectivity index (χ4n) is 3.02. The maximum atomic E-state index is 12.7. The molecule has 20 heavy (non-hydrogen) atoms. The highest BCUT2D eigenvalue weighted by Crippen LogP contribution is 2.38. The number of benzene rings is 2. The molecule has 0 bridgehead atoms. The number of hydrogen-bond acceptors (Lipinski definition) is 3. The van der Waals surface area contributed by atoms with Gasteiger partial charge >= 0.3 is 5.97 Å². The number of esters is 1. The number of carbonyl (C=O) groups excluding carboxylic acids is 2. The van der Waals surface area contributed by atoms with Crippen molar-refractivity contribution in [2.75, 3.05) is 7.11 Å². The molecular formula is C17H16O3. The van der Waals surface area contributed by atoms with Gasteiger partial charge in [-0.2, -0.15) is 0 Å². The van der Waals surface area contributed by atoms with Crippen LogP contribution in [0.3, 0.4) is 0 Å². The molecule has 0 spiro atoms. The second-order valence-corrected chi connectivity index (χ2v) is 5.47. The molecule has 0 fully saturated rings. The summed E-state index contributed by atoms with van der Waals surface area (Å²) in [5.74, 6) is -0.572. The van der Waals surface area contributed by atoms with Crippen LogP contribution < -0.4 is 0 Å². The van der Waals surface area contributed by atoms with Crippen LogP contribution in [0.4, 0.5) is 0 Å². The van der Waals surface area contributed by atoms with Crippen LogP contribution in [-0.4, -0.2) is 18.9 Å². The largest absolute Gasteiger partial charge is 0.468 e. The number of aryl methyl sites for hydroxylation is 1. The number of ether oxygens (including phenoxy) is 1. The van der Waals surface area contributed by atoms with E-state index in [2.05, 4.69) is 0 Å². The first kappa shape index (κ1) is 12.9. The first-order chi connectivity index (χ1) is 9.58. The number of fused-ring (bicyclic) bond motifs is 3. The Kier molecular flexibility index (Phi) is 2.85. The van der Waals surface area contributed by atoms with Crippen molar-refractivity contribution < 1.29 is 14.3 Å². The van der Waals surface area contributed by atoms with E-state index >= 15 is 0 Å². The summed E-state index contributed by atoms with van der Waals surface area (Å²) in [5.41, 5.74) is 0.654. The highest BCUT2D eigenvalue weighted by atomic mass is 16.5. The summed E-state index contributed by atoms with van der Waals surface area (Å²) >= 11 is 0. The summed E-state index contributed by atoms with van der Waals surface area (Å²) in [5, 5.41) is 2.23. The molecule has 0 aliphatic heterocycles. The average Bonchev–Trinajstić information content (AvgIpc) is 2.49. The Bertz CT molecular complexity index is 717. The number of carbonyl (C=O) groups is 2. The third-order valence-electron chi connectivity index (χ3n) is 4.30. The van der Waals surface area contributed by atoms with E-state index in [4.69, 9.17) is 4.74 Å². The number of methoxy groups -OCH3 is 1. The van der Waals surface area contributed by atoms with Crippen LogP contribution in [0.15, 0.2) is 36.4 Å². The minimum absolute atomic E-state index is 0.128. The lowest BCUT2D eigenvalue weighted by Crippen LogP contribution is -2.41. The summed E-state index contributed by atoms with van der Waals surface area (Å²) < 4.78 is 4.81. The Morgan fingerprint density at radius 3 is 2.70 bits per heavy atom. The lowest BCUT2D eigenvalue weighted by Gasteiger charge is -2.31. The van der Waals surface area contributed by atoms with Gasteiger partial charge in [0.1, 0.15) is 5.41 Å². The van der Waals surface area contributed by atoms with Gasteiger partial charge in [0, 0.05) is 5.56 Å². The Morgan fingerprint density at radius 1 is 1.20 bits per heavy atom. The zero-order chi connectivity index (χ0) is 14.3. The molecule has 1 atom stereocenters. The van der Waals surface area contributed by atoms with Crippen molar-refractivity contribution in [2.45, 2.75) is 19.8 Å². The lowest BCUT2D eigenvalue weighted by atomic mass is 9.71. The quantitative estimate of drug-likeness (QED) is 0.589.